The lowest BCUT2D eigenvalue weighted by molar-refractivity contribution is -0.143. The number of anilines is 1. The molecule has 2 N–H and O–H groups in total. The first-order valence-electron chi connectivity index (χ1n) is 9.26. The Bertz CT molecular complexity index is 609. The lowest BCUT2D eigenvalue weighted by Gasteiger charge is -2.34. The average molecular weight is 350 g/mol. The van der Waals surface area contributed by atoms with Crippen molar-refractivity contribution in [2.24, 2.45) is 11.8 Å². The molecule has 0 saturated carbocycles. The van der Waals surface area contributed by atoms with E-state index < -0.39 is 11.9 Å². The van der Waals surface area contributed by atoms with E-state index in [1.807, 2.05) is 11.6 Å². The van der Waals surface area contributed by atoms with Gasteiger partial charge in [-0.1, -0.05) is 27.7 Å². The molecule has 2 unspecified atom stereocenters. The Hall–Kier alpha value is -2.05. The first-order chi connectivity index (χ1) is 11.9. The predicted molar refractivity (Wildman–Crippen MR) is 96.7 cm³/mol. The number of carboxylic acids is 1. The molecule has 1 aliphatic rings. The Morgan fingerprint density at radius 1 is 1.32 bits per heavy atom. The van der Waals surface area contributed by atoms with Crippen LogP contribution in [-0.2, 0) is 11.2 Å². The van der Waals surface area contributed by atoms with Gasteiger partial charge < -0.3 is 15.3 Å². The lowest BCUT2D eigenvalue weighted by Crippen LogP contribution is -2.47. The van der Waals surface area contributed by atoms with Crippen LogP contribution in [-0.4, -0.2) is 44.9 Å². The topological polar surface area (TPSA) is 87.5 Å². The molecule has 1 saturated heterocycles. The van der Waals surface area contributed by atoms with Gasteiger partial charge in [0, 0.05) is 13.1 Å². The summed E-state index contributed by atoms with van der Waals surface area (Å²) in [5, 5.41) is 16.7. The summed E-state index contributed by atoms with van der Waals surface area (Å²) in [5.41, 5.74) is 1.74. The summed E-state index contributed by atoms with van der Waals surface area (Å²) in [6.45, 7) is 9.14. The van der Waals surface area contributed by atoms with Crippen molar-refractivity contribution in [3.8, 4) is 0 Å². The Labute approximate surface area is 149 Å². The maximum Gasteiger partial charge on any atom is 0.321 e. The second-order valence-corrected chi connectivity index (χ2v) is 6.98. The molecular formula is C18H30N4O3. The van der Waals surface area contributed by atoms with Gasteiger partial charge in [0.15, 0.2) is 0 Å². The molecule has 1 aliphatic heterocycles. The standard InChI is InChI=1S/C18H30N4O3/c1-5-14(6-2)22-16(7-3)15(9-19-22)20-18(25)21-10-12(4)8-13(11-21)17(23)24/h9,12-14H,5-8,10-11H2,1-4H3,(H,20,25)(H,23,24). The van der Waals surface area contributed by atoms with Gasteiger partial charge >= 0.3 is 12.0 Å². The van der Waals surface area contributed by atoms with Crippen molar-refractivity contribution in [2.75, 3.05) is 18.4 Å². The van der Waals surface area contributed by atoms with E-state index in [9.17, 15) is 14.7 Å². The van der Waals surface area contributed by atoms with Gasteiger partial charge in [0.25, 0.3) is 0 Å². The molecule has 7 nitrogen and oxygen atoms in total. The Morgan fingerprint density at radius 2 is 2.00 bits per heavy atom. The first-order valence-corrected chi connectivity index (χ1v) is 9.26. The van der Waals surface area contributed by atoms with Gasteiger partial charge in [-0.15, -0.1) is 0 Å². The molecule has 1 aromatic rings. The van der Waals surface area contributed by atoms with Crippen molar-refractivity contribution >= 4 is 17.7 Å². The third kappa shape index (κ3) is 4.32. The van der Waals surface area contributed by atoms with Crippen LogP contribution in [0.3, 0.4) is 0 Å². The second kappa shape index (κ2) is 8.36. The Morgan fingerprint density at radius 3 is 2.56 bits per heavy atom. The lowest BCUT2D eigenvalue weighted by atomic mass is 9.91. The van der Waals surface area contributed by atoms with Crippen LogP contribution < -0.4 is 5.32 Å². The van der Waals surface area contributed by atoms with Crippen LogP contribution in [0, 0.1) is 11.8 Å². The highest BCUT2D eigenvalue weighted by molar-refractivity contribution is 5.90. The number of aromatic nitrogens is 2. The molecule has 0 radical (unpaired) electrons. The van der Waals surface area contributed by atoms with Crippen LogP contribution in [0.15, 0.2) is 6.20 Å². The largest absolute Gasteiger partial charge is 0.481 e. The fraction of sp³-hybridized carbons (Fsp3) is 0.722. The number of aliphatic carboxylic acids is 1. The molecule has 0 spiro atoms. The number of carbonyl (C=O) groups is 2. The van der Waals surface area contributed by atoms with Crippen LogP contribution in [0.25, 0.3) is 0 Å². The highest BCUT2D eigenvalue weighted by Gasteiger charge is 2.32. The molecule has 1 fully saturated rings. The SMILES string of the molecule is CCc1c(NC(=O)N2CC(C)CC(C(=O)O)C2)cnn1C(CC)CC. The quantitative estimate of drug-likeness (QED) is 0.823. The number of likely N-dealkylation sites (tertiary alicyclic amines) is 1. The number of rotatable bonds is 6. The van der Waals surface area contributed by atoms with Crippen molar-refractivity contribution in [3.05, 3.63) is 11.9 Å². The van der Waals surface area contributed by atoms with Crippen molar-refractivity contribution in [1.82, 2.24) is 14.7 Å². The summed E-state index contributed by atoms with van der Waals surface area (Å²) in [5.74, 6) is -1.15. The van der Waals surface area contributed by atoms with E-state index in [1.165, 1.54) is 0 Å². The number of nitrogens with zero attached hydrogens (tertiary/aromatic N) is 3. The average Bonchev–Trinajstić information content (AvgIpc) is 2.97. The third-order valence-electron chi connectivity index (χ3n) is 5.06. The fourth-order valence-corrected chi connectivity index (χ4v) is 3.68. The van der Waals surface area contributed by atoms with Gasteiger partial charge in [0.1, 0.15) is 0 Å². The highest BCUT2D eigenvalue weighted by Crippen LogP contribution is 2.26. The van der Waals surface area contributed by atoms with E-state index in [2.05, 4.69) is 31.2 Å². The van der Waals surface area contributed by atoms with Gasteiger partial charge in [-0.05, 0) is 31.6 Å². The minimum absolute atomic E-state index is 0.179. The molecule has 25 heavy (non-hydrogen) atoms. The normalized spacial score (nSPS) is 20.8. The highest BCUT2D eigenvalue weighted by atomic mass is 16.4. The van der Waals surface area contributed by atoms with E-state index in [-0.39, 0.29) is 18.5 Å². The van der Waals surface area contributed by atoms with E-state index in [0.717, 1.165) is 30.6 Å². The summed E-state index contributed by atoms with van der Waals surface area (Å²) in [4.78, 5) is 25.6. The van der Waals surface area contributed by atoms with E-state index in [0.29, 0.717) is 19.0 Å². The summed E-state index contributed by atoms with van der Waals surface area (Å²) < 4.78 is 2.01. The van der Waals surface area contributed by atoms with E-state index >= 15 is 0 Å². The summed E-state index contributed by atoms with van der Waals surface area (Å²) in [6, 6.07) is 0.0867. The Balaban J connectivity index is 2.13. The molecule has 7 heteroatoms. The number of carbonyl (C=O) groups excluding carboxylic acids is 1. The van der Waals surface area contributed by atoms with E-state index in [4.69, 9.17) is 0 Å². The van der Waals surface area contributed by atoms with Gasteiger partial charge in [0.2, 0.25) is 0 Å². The van der Waals surface area contributed by atoms with Crippen molar-refractivity contribution in [3.63, 3.8) is 0 Å². The number of hydrogen-bond acceptors (Lipinski definition) is 3. The maximum atomic E-state index is 12.7. The number of carboxylic acid groups (broad SMARTS) is 1. The smallest absolute Gasteiger partial charge is 0.321 e. The van der Waals surface area contributed by atoms with Crippen molar-refractivity contribution < 1.29 is 14.7 Å². The molecule has 2 amide bonds. The van der Waals surface area contributed by atoms with Crippen LogP contribution in [0.5, 0.6) is 0 Å². The minimum atomic E-state index is -0.833. The zero-order valence-electron chi connectivity index (χ0n) is 15.7. The number of urea groups is 1. The molecular weight excluding hydrogens is 320 g/mol. The number of nitrogens with one attached hydrogen (secondary N) is 1. The first kappa shape index (κ1) is 19.3. The number of hydrogen-bond donors (Lipinski definition) is 2. The predicted octanol–water partition coefficient (Wildman–Crippen LogP) is 3.38. The second-order valence-electron chi connectivity index (χ2n) is 6.98. The molecule has 1 aromatic heterocycles. The Kier molecular flexibility index (Phi) is 6.45. The summed E-state index contributed by atoms with van der Waals surface area (Å²) in [6.07, 6.45) is 5.08. The maximum absolute atomic E-state index is 12.7. The van der Waals surface area contributed by atoms with Gasteiger partial charge in [-0.2, -0.15) is 5.10 Å². The molecule has 0 bridgehead atoms. The third-order valence-corrected chi connectivity index (χ3v) is 5.06. The summed E-state index contributed by atoms with van der Waals surface area (Å²) in [7, 11) is 0. The zero-order valence-corrected chi connectivity index (χ0v) is 15.7. The van der Waals surface area contributed by atoms with Crippen LogP contribution >= 0.6 is 0 Å². The van der Waals surface area contributed by atoms with Gasteiger partial charge in [0.05, 0.1) is 29.5 Å². The van der Waals surface area contributed by atoms with Gasteiger partial charge in [-0.3, -0.25) is 9.48 Å². The summed E-state index contributed by atoms with van der Waals surface area (Å²) >= 11 is 0. The van der Waals surface area contributed by atoms with Crippen molar-refractivity contribution in [1.29, 1.82) is 0 Å². The molecule has 2 rings (SSSR count). The molecule has 0 aliphatic carbocycles. The zero-order chi connectivity index (χ0) is 18.6. The van der Waals surface area contributed by atoms with Gasteiger partial charge in [-0.25, -0.2) is 4.79 Å². The number of piperidine rings is 1. The molecule has 2 atom stereocenters. The molecule has 2 heterocycles. The van der Waals surface area contributed by atoms with Crippen LogP contribution in [0.2, 0.25) is 0 Å². The van der Waals surface area contributed by atoms with Crippen LogP contribution in [0.1, 0.15) is 58.7 Å². The van der Waals surface area contributed by atoms with Crippen LogP contribution in [0.4, 0.5) is 10.5 Å². The fourth-order valence-electron chi connectivity index (χ4n) is 3.68. The molecule has 0 aromatic carbocycles. The molecule has 140 valence electrons. The number of amides is 2. The van der Waals surface area contributed by atoms with Crippen molar-refractivity contribution in [2.45, 2.75) is 59.4 Å². The minimum Gasteiger partial charge on any atom is -0.481 e. The monoisotopic (exact) mass is 350 g/mol. The van der Waals surface area contributed by atoms with E-state index in [1.54, 1.807) is 11.1 Å².